The largest absolute Gasteiger partial charge is 0.508 e. The molecule has 1 aromatic rings. The van der Waals surface area contributed by atoms with E-state index in [9.17, 15) is 9.90 Å². The van der Waals surface area contributed by atoms with Gasteiger partial charge in [-0.15, -0.1) is 0 Å². The Morgan fingerprint density at radius 3 is 1.50 bits per heavy atom. The van der Waals surface area contributed by atoms with Crippen LogP contribution in [0.4, 0.5) is 0 Å². The molecule has 0 bridgehead atoms. The van der Waals surface area contributed by atoms with Gasteiger partial charge in [0.05, 0.1) is 0 Å². The van der Waals surface area contributed by atoms with Crippen LogP contribution < -0.4 is 4.74 Å². The number of esters is 1. The third-order valence-corrected chi connectivity index (χ3v) is 5.30. The number of phenolic OH excluding ortho intramolecular Hbond substituents is 1. The molecule has 0 saturated heterocycles. The monoisotopic (exact) mass is 390 g/mol. The fraction of sp³-hybridized carbons (Fsp3) is 0.720. The first-order valence-corrected chi connectivity index (χ1v) is 11.7. The van der Waals surface area contributed by atoms with Crippen molar-refractivity contribution in [3.63, 3.8) is 0 Å². The molecule has 0 unspecified atom stereocenters. The zero-order chi connectivity index (χ0) is 20.3. The van der Waals surface area contributed by atoms with Crippen LogP contribution in [0.25, 0.3) is 0 Å². The van der Waals surface area contributed by atoms with Crippen molar-refractivity contribution < 1.29 is 14.6 Å². The first-order valence-electron chi connectivity index (χ1n) is 11.7. The molecule has 0 saturated carbocycles. The van der Waals surface area contributed by atoms with Gasteiger partial charge in [-0.05, 0) is 30.7 Å². The van der Waals surface area contributed by atoms with Crippen LogP contribution in [0, 0.1) is 0 Å². The van der Waals surface area contributed by atoms with Gasteiger partial charge in [0, 0.05) is 6.42 Å². The SMILES string of the molecule is CCCCCCCCCCCCCCCCCCC(=O)Oc1ccc(O)cc1. The fourth-order valence-corrected chi connectivity index (χ4v) is 3.51. The summed E-state index contributed by atoms with van der Waals surface area (Å²) in [6.45, 7) is 2.28. The highest BCUT2D eigenvalue weighted by Crippen LogP contribution is 2.17. The molecule has 1 N–H and O–H groups in total. The average Bonchev–Trinajstić information content (AvgIpc) is 2.69. The lowest BCUT2D eigenvalue weighted by Gasteiger charge is -2.05. The fourth-order valence-electron chi connectivity index (χ4n) is 3.51. The number of benzene rings is 1. The molecule has 0 aliphatic rings. The Balaban J connectivity index is 1.79. The molecule has 0 fully saturated rings. The van der Waals surface area contributed by atoms with Crippen molar-refractivity contribution in [2.45, 2.75) is 116 Å². The Morgan fingerprint density at radius 2 is 1.07 bits per heavy atom. The smallest absolute Gasteiger partial charge is 0.311 e. The molecule has 3 nitrogen and oxygen atoms in total. The zero-order valence-corrected chi connectivity index (χ0v) is 18.1. The summed E-state index contributed by atoms with van der Waals surface area (Å²) in [4.78, 5) is 11.8. The molecule has 3 heteroatoms. The van der Waals surface area contributed by atoms with E-state index in [0.29, 0.717) is 12.2 Å². The lowest BCUT2D eigenvalue weighted by atomic mass is 10.0. The second kappa shape index (κ2) is 17.6. The Kier molecular flexibility index (Phi) is 15.4. The van der Waals surface area contributed by atoms with Gasteiger partial charge in [-0.25, -0.2) is 0 Å². The summed E-state index contributed by atoms with van der Waals surface area (Å²) >= 11 is 0. The maximum absolute atomic E-state index is 11.8. The van der Waals surface area contributed by atoms with Gasteiger partial charge < -0.3 is 9.84 Å². The Hall–Kier alpha value is -1.51. The highest BCUT2D eigenvalue weighted by Gasteiger charge is 2.04. The van der Waals surface area contributed by atoms with Crippen LogP contribution in [0.3, 0.4) is 0 Å². The van der Waals surface area contributed by atoms with Crippen molar-refractivity contribution in [2.75, 3.05) is 0 Å². The molecule has 160 valence electrons. The highest BCUT2D eigenvalue weighted by molar-refractivity contribution is 5.72. The van der Waals surface area contributed by atoms with E-state index in [1.165, 1.54) is 102 Å². The molecule has 0 atom stereocenters. The van der Waals surface area contributed by atoms with Gasteiger partial charge in [0.15, 0.2) is 0 Å². The summed E-state index contributed by atoms with van der Waals surface area (Å²) in [7, 11) is 0. The van der Waals surface area contributed by atoms with E-state index < -0.39 is 0 Å². The van der Waals surface area contributed by atoms with Crippen LogP contribution >= 0.6 is 0 Å². The van der Waals surface area contributed by atoms with Crippen LogP contribution in [0.2, 0.25) is 0 Å². The highest BCUT2D eigenvalue weighted by atomic mass is 16.5. The molecular weight excluding hydrogens is 348 g/mol. The van der Waals surface area contributed by atoms with Crippen molar-refractivity contribution in [2.24, 2.45) is 0 Å². The predicted molar refractivity (Wildman–Crippen MR) is 118 cm³/mol. The van der Waals surface area contributed by atoms with Crippen molar-refractivity contribution >= 4 is 5.97 Å². The molecule has 28 heavy (non-hydrogen) atoms. The molecule has 0 spiro atoms. The van der Waals surface area contributed by atoms with Gasteiger partial charge in [-0.3, -0.25) is 4.79 Å². The van der Waals surface area contributed by atoms with Crippen LogP contribution in [0.1, 0.15) is 116 Å². The maximum atomic E-state index is 11.8. The van der Waals surface area contributed by atoms with Gasteiger partial charge in [0.25, 0.3) is 0 Å². The van der Waals surface area contributed by atoms with E-state index in [1.807, 2.05) is 0 Å². The van der Waals surface area contributed by atoms with E-state index in [2.05, 4.69) is 6.92 Å². The van der Waals surface area contributed by atoms with Crippen LogP contribution in [-0.2, 0) is 4.79 Å². The summed E-state index contributed by atoms with van der Waals surface area (Å²) in [5, 5.41) is 9.21. The van der Waals surface area contributed by atoms with Gasteiger partial charge in [0.1, 0.15) is 11.5 Å². The molecule has 0 aliphatic carbocycles. The van der Waals surface area contributed by atoms with Crippen molar-refractivity contribution in [1.82, 2.24) is 0 Å². The number of hydrogen-bond donors (Lipinski definition) is 1. The molecule has 0 radical (unpaired) electrons. The quantitative estimate of drug-likeness (QED) is 0.157. The minimum Gasteiger partial charge on any atom is -0.508 e. The zero-order valence-electron chi connectivity index (χ0n) is 18.1. The van der Waals surface area contributed by atoms with Crippen molar-refractivity contribution in [3.05, 3.63) is 24.3 Å². The van der Waals surface area contributed by atoms with E-state index in [-0.39, 0.29) is 11.7 Å². The summed E-state index contributed by atoms with van der Waals surface area (Å²) in [6.07, 6.45) is 21.7. The number of aromatic hydroxyl groups is 1. The topological polar surface area (TPSA) is 46.5 Å². The number of phenols is 1. The molecule has 0 heterocycles. The molecule has 0 aliphatic heterocycles. The minimum atomic E-state index is -0.184. The number of rotatable bonds is 18. The Labute approximate surface area is 172 Å². The van der Waals surface area contributed by atoms with Crippen molar-refractivity contribution in [1.29, 1.82) is 0 Å². The number of carbonyl (C=O) groups is 1. The summed E-state index contributed by atoms with van der Waals surface area (Å²) in [6, 6.07) is 6.27. The van der Waals surface area contributed by atoms with Crippen molar-refractivity contribution in [3.8, 4) is 11.5 Å². The lowest BCUT2D eigenvalue weighted by molar-refractivity contribution is -0.134. The first kappa shape index (κ1) is 24.5. The van der Waals surface area contributed by atoms with E-state index in [1.54, 1.807) is 12.1 Å². The minimum absolute atomic E-state index is 0.178. The molecule has 0 amide bonds. The Morgan fingerprint density at radius 1 is 0.679 bits per heavy atom. The van der Waals surface area contributed by atoms with Crippen LogP contribution in [0.15, 0.2) is 24.3 Å². The van der Waals surface area contributed by atoms with E-state index in [4.69, 9.17) is 4.74 Å². The third-order valence-electron chi connectivity index (χ3n) is 5.30. The summed E-state index contributed by atoms with van der Waals surface area (Å²) < 4.78 is 5.24. The Bertz CT molecular complexity index is 481. The second-order valence-corrected chi connectivity index (χ2v) is 8.02. The normalized spacial score (nSPS) is 10.9. The van der Waals surface area contributed by atoms with Gasteiger partial charge >= 0.3 is 5.97 Å². The number of unbranched alkanes of at least 4 members (excludes halogenated alkanes) is 15. The second-order valence-electron chi connectivity index (χ2n) is 8.02. The van der Waals surface area contributed by atoms with Crippen LogP contribution in [0.5, 0.6) is 11.5 Å². The maximum Gasteiger partial charge on any atom is 0.311 e. The first-order chi connectivity index (χ1) is 13.7. The number of carbonyl (C=O) groups excluding carboxylic acids is 1. The van der Waals surface area contributed by atoms with Crippen LogP contribution in [-0.4, -0.2) is 11.1 Å². The van der Waals surface area contributed by atoms with Gasteiger partial charge in [-0.2, -0.15) is 0 Å². The third kappa shape index (κ3) is 14.5. The summed E-state index contributed by atoms with van der Waals surface area (Å²) in [5.41, 5.74) is 0. The number of hydrogen-bond acceptors (Lipinski definition) is 3. The summed E-state index contributed by atoms with van der Waals surface area (Å²) in [5.74, 6) is 0.493. The van der Waals surface area contributed by atoms with Gasteiger partial charge in [-0.1, -0.05) is 103 Å². The standard InChI is InChI=1S/C25H42O3/c1-2-3-4-5-6-7-8-9-10-11-12-13-14-15-16-17-18-25(27)28-24-21-19-23(26)20-22-24/h19-22,26H,2-18H2,1H3. The number of ether oxygens (including phenoxy) is 1. The average molecular weight is 391 g/mol. The lowest BCUT2D eigenvalue weighted by Crippen LogP contribution is -2.07. The molecule has 1 aromatic carbocycles. The van der Waals surface area contributed by atoms with E-state index >= 15 is 0 Å². The molecular formula is C25H42O3. The predicted octanol–water partition coefficient (Wildman–Crippen LogP) is 7.95. The van der Waals surface area contributed by atoms with E-state index in [0.717, 1.165) is 12.8 Å². The molecule has 0 aromatic heterocycles. The molecule has 1 rings (SSSR count). The van der Waals surface area contributed by atoms with Gasteiger partial charge in [0.2, 0.25) is 0 Å².